The van der Waals surface area contributed by atoms with Gasteiger partial charge in [0.1, 0.15) is 12.4 Å². The van der Waals surface area contributed by atoms with Crippen LogP contribution in [0.15, 0.2) is 53.4 Å². The summed E-state index contributed by atoms with van der Waals surface area (Å²) >= 11 is 5.84. The van der Waals surface area contributed by atoms with Gasteiger partial charge in [-0.1, -0.05) is 23.7 Å². The first-order valence-corrected chi connectivity index (χ1v) is 9.41. The SMILES string of the molecule is CC(c1ccc(S(N)(=O)=O)cc1)N(C)CCOc1ccc(Cl)cc1. The third-order valence-corrected chi connectivity index (χ3v) is 5.06. The zero-order chi connectivity index (χ0) is 17.7. The monoisotopic (exact) mass is 368 g/mol. The quantitative estimate of drug-likeness (QED) is 0.815. The first kappa shape index (κ1) is 18.7. The van der Waals surface area contributed by atoms with Gasteiger partial charge in [0.2, 0.25) is 10.0 Å². The molecule has 5 nitrogen and oxygen atoms in total. The molecule has 1 unspecified atom stereocenters. The molecule has 0 saturated carbocycles. The summed E-state index contributed by atoms with van der Waals surface area (Å²) in [6, 6.07) is 14.0. The van der Waals surface area contributed by atoms with E-state index in [1.807, 2.05) is 26.1 Å². The van der Waals surface area contributed by atoms with Gasteiger partial charge in [-0.3, -0.25) is 4.90 Å². The number of primary sulfonamides is 1. The number of ether oxygens (including phenoxy) is 1. The average molecular weight is 369 g/mol. The molecule has 7 heteroatoms. The molecule has 130 valence electrons. The van der Waals surface area contributed by atoms with E-state index in [-0.39, 0.29) is 10.9 Å². The van der Waals surface area contributed by atoms with E-state index in [2.05, 4.69) is 4.90 Å². The van der Waals surface area contributed by atoms with E-state index in [1.54, 1.807) is 24.3 Å². The molecule has 0 aliphatic rings. The van der Waals surface area contributed by atoms with Crippen LogP contribution >= 0.6 is 11.6 Å². The van der Waals surface area contributed by atoms with E-state index in [0.717, 1.165) is 17.9 Å². The highest BCUT2D eigenvalue weighted by atomic mass is 35.5. The Kier molecular flexibility index (Phi) is 6.23. The first-order valence-electron chi connectivity index (χ1n) is 7.49. The molecule has 0 fully saturated rings. The Morgan fingerprint density at radius 3 is 2.25 bits per heavy atom. The highest BCUT2D eigenvalue weighted by Crippen LogP contribution is 2.20. The van der Waals surface area contributed by atoms with Crippen LogP contribution in [0, 0.1) is 0 Å². The lowest BCUT2D eigenvalue weighted by molar-refractivity contribution is 0.201. The minimum absolute atomic E-state index is 0.118. The number of hydrogen-bond donors (Lipinski definition) is 1. The van der Waals surface area contributed by atoms with Gasteiger partial charge in [-0.05, 0) is 55.9 Å². The van der Waals surface area contributed by atoms with Gasteiger partial charge in [0.05, 0.1) is 4.90 Å². The Morgan fingerprint density at radius 2 is 1.71 bits per heavy atom. The zero-order valence-electron chi connectivity index (χ0n) is 13.6. The molecule has 0 radical (unpaired) electrons. The molecule has 0 heterocycles. The van der Waals surface area contributed by atoms with E-state index < -0.39 is 10.0 Å². The van der Waals surface area contributed by atoms with E-state index in [1.165, 1.54) is 12.1 Å². The summed E-state index contributed by atoms with van der Waals surface area (Å²) in [5.74, 6) is 0.776. The highest BCUT2D eigenvalue weighted by molar-refractivity contribution is 7.89. The summed E-state index contributed by atoms with van der Waals surface area (Å²) in [7, 11) is -1.67. The van der Waals surface area contributed by atoms with Gasteiger partial charge in [-0.2, -0.15) is 0 Å². The molecular formula is C17H21ClN2O3S. The topological polar surface area (TPSA) is 72.6 Å². The summed E-state index contributed by atoms with van der Waals surface area (Å²) < 4.78 is 28.3. The molecule has 0 aliphatic carbocycles. The standard InChI is InChI=1S/C17H21ClN2O3S/c1-13(14-3-9-17(10-4-14)24(19,21)22)20(2)11-12-23-16-7-5-15(18)6-8-16/h3-10,13H,11-12H2,1-2H3,(H2,19,21,22). The molecular weight excluding hydrogens is 348 g/mol. The number of rotatable bonds is 7. The van der Waals surface area contributed by atoms with Crippen molar-refractivity contribution in [2.45, 2.75) is 17.9 Å². The maximum atomic E-state index is 11.3. The van der Waals surface area contributed by atoms with Crippen molar-refractivity contribution >= 4 is 21.6 Å². The van der Waals surface area contributed by atoms with Gasteiger partial charge in [-0.15, -0.1) is 0 Å². The van der Waals surface area contributed by atoms with Crippen molar-refractivity contribution < 1.29 is 13.2 Å². The molecule has 2 aromatic carbocycles. The Hall–Kier alpha value is -1.60. The molecule has 0 spiro atoms. The summed E-state index contributed by atoms with van der Waals surface area (Å²) in [6.45, 7) is 3.31. The smallest absolute Gasteiger partial charge is 0.238 e. The third kappa shape index (κ3) is 5.21. The van der Waals surface area contributed by atoms with Gasteiger partial charge >= 0.3 is 0 Å². The van der Waals surface area contributed by atoms with Crippen molar-refractivity contribution in [3.05, 3.63) is 59.1 Å². The average Bonchev–Trinajstić information content (AvgIpc) is 2.55. The van der Waals surface area contributed by atoms with Gasteiger partial charge in [0.15, 0.2) is 0 Å². The van der Waals surface area contributed by atoms with Gasteiger partial charge in [0, 0.05) is 17.6 Å². The maximum absolute atomic E-state index is 11.3. The van der Waals surface area contributed by atoms with Crippen molar-refractivity contribution in [3.63, 3.8) is 0 Å². The largest absolute Gasteiger partial charge is 0.492 e. The van der Waals surface area contributed by atoms with Crippen LogP contribution in [-0.4, -0.2) is 33.5 Å². The molecule has 0 aliphatic heterocycles. The fourth-order valence-electron chi connectivity index (χ4n) is 2.22. The van der Waals surface area contributed by atoms with E-state index >= 15 is 0 Å². The number of nitrogens with two attached hydrogens (primary N) is 1. The normalized spacial score (nSPS) is 13.0. The van der Waals surface area contributed by atoms with Crippen LogP contribution in [0.25, 0.3) is 0 Å². The Morgan fingerprint density at radius 1 is 1.12 bits per heavy atom. The minimum atomic E-state index is -3.66. The Labute approximate surface area is 148 Å². The molecule has 2 N–H and O–H groups in total. The number of halogens is 1. The Balaban J connectivity index is 1.89. The van der Waals surface area contributed by atoms with Crippen molar-refractivity contribution in [3.8, 4) is 5.75 Å². The molecule has 2 rings (SSSR count). The van der Waals surface area contributed by atoms with Crippen molar-refractivity contribution in [1.29, 1.82) is 0 Å². The number of hydrogen-bond acceptors (Lipinski definition) is 4. The van der Waals surface area contributed by atoms with Crippen LogP contribution in [0.3, 0.4) is 0 Å². The number of sulfonamides is 1. The third-order valence-electron chi connectivity index (χ3n) is 3.88. The summed E-state index contributed by atoms with van der Waals surface area (Å²) in [4.78, 5) is 2.24. The predicted octanol–water partition coefficient (Wildman–Crippen LogP) is 3.06. The van der Waals surface area contributed by atoms with Gasteiger partial charge in [0.25, 0.3) is 0 Å². The molecule has 24 heavy (non-hydrogen) atoms. The van der Waals surface area contributed by atoms with Crippen molar-refractivity contribution in [2.24, 2.45) is 5.14 Å². The van der Waals surface area contributed by atoms with Gasteiger partial charge in [-0.25, -0.2) is 13.6 Å². The van der Waals surface area contributed by atoms with Gasteiger partial charge < -0.3 is 4.74 Å². The minimum Gasteiger partial charge on any atom is -0.492 e. The van der Waals surface area contributed by atoms with E-state index in [9.17, 15) is 8.42 Å². The van der Waals surface area contributed by atoms with Crippen LogP contribution in [0.4, 0.5) is 0 Å². The molecule has 0 saturated heterocycles. The second kappa shape index (κ2) is 7.98. The number of likely N-dealkylation sites (N-methyl/N-ethyl adjacent to an activating group) is 1. The maximum Gasteiger partial charge on any atom is 0.238 e. The molecule has 0 aromatic heterocycles. The first-order chi connectivity index (χ1) is 11.3. The highest BCUT2D eigenvalue weighted by Gasteiger charge is 2.13. The fraction of sp³-hybridized carbons (Fsp3) is 0.294. The lowest BCUT2D eigenvalue weighted by atomic mass is 10.1. The molecule has 1 atom stereocenters. The summed E-state index contributed by atoms with van der Waals surface area (Å²) in [5, 5.41) is 5.79. The second-order valence-electron chi connectivity index (χ2n) is 5.57. The second-order valence-corrected chi connectivity index (χ2v) is 7.57. The summed E-state index contributed by atoms with van der Waals surface area (Å²) in [6.07, 6.45) is 0. The van der Waals surface area contributed by atoms with Crippen LogP contribution in [0.2, 0.25) is 5.02 Å². The number of nitrogens with zero attached hydrogens (tertiary/aromatic N) is 1. The van der Waals surface area contributed by atoms with Crippen LogP contribution in [0.5, 0.6) is 5.75 Å². The number of benzene rings is 2. The Bertz CT molecular complexity index is 761. The molecule has 0 amide bonds. The van der Waals surface area contributed by atoms with Crippen molar-refractivity contribution in [2.75, 3.05) is 20.2 Å². The molecule has 0 bridgehead atoms. The lowest BCUT2D eigenvalue weighted by Gasteiger charge is -2.25. The van der Waals surface area contributed by atoms with Crippen LogP contribution in [0.1, 0.15) is 18.5 Å². The van der Waals surface area contributed by atoms with E-state index in [4.69, 9.17) is 21.5 Å². The zero-order valence-corrected chi connectivity index (χ0v) is 15.2. The van der Waals surface area contributed by atoms with Crippen molar-refractivity contribution in [1.82, 2.24) is 4.90 Å². The fourth-order valence-corrected chi connectivity index (χ4v) is 2.86. The van der Waals surface area contributed by atoms with Crippen LogP contribution < -0.4 is 9.88 Å². The molecule has 2 aromatic rings. The summed E-state index contributed by atoms with van der Waals surface area (Å²) in [5.41, 5.74) is 1.01. The van der Waals surface area contributed by atoms with Crippen LogP contribution in [-0.2, 0) is 10.0 Å². The predicted molar refractivity (Wildman–Crippen MR) is 95.8 cm³/mol. The van der Waals surface area contributed by atoms with E-state index in [0.29, 0.717) is 11.6 Å². The lowest BCUT2D eigenvalue weighted by Crippen LogP contribution is -2.27.